The Morgan fingerprint density at radius 1 is 0.816 bits per heavy atom. The number of nitrogens with zero attached hydrogens (tertiary/aromatic N) is 1. The summed E-state index contributed by atoms with van der Waals surface area (Å²) in [6.07, 6.45) is 14.1. The number of non-ortho nitro benzene ring substituents is 1. The lowest BCUT2D eigenvalue weighted by molar-refractivity contribution is -0.384. The molecule has 0 aromatic heterocycles. The predicted octanol–water partition coefficient (Wildman–Crippen LogP) is 9.10. The Balaban J connectivity index is 2.76. The molecule has 0 aliphatic heterocycles. The fourth-order valence-corrected chi connectivity index (χ4v) is 4.82. The first-order valence-corrected chi connectivity index (χ1v) is 14.7. The zero-order valence-electron chi connectivity index (χ0n) is 23.7. The Bertz CT molecular complexity index is 796. The van der Waals surface area contributed by atoms with E-state index in [1.165, 1.54) is 43.5 Å². The molecular formula is C30H49NO7. The second-order valence-corrected chi connectivity index (χ2v) is 10.4. The first-order valence-electron chi connectivity index (χ1n) is 14.7. The van der Waals surface area contributed by atoms with Crippen molar-refractivity contribution < 1.29 is 29.1 Å². The first kappa shape index (κ1) is 33.4. The molecule has 0 amide bonds. The maximum Gasteiger partial charge on any atom is 0.514 e. The quantitative estimate of drug-likeness (QED) is 0.0517. The van der Waals surface area contributed by atoms with E-state index in [2.05, 4.69) is 20.8 Å². The minimum Gasteiger partial charge on any atom is -0.481 e. The minimum absolute atomic E-state index is 0.0955. The molecular weight excluding hydrogens is 486 g/mol. The number of aliphatic carboxylic acids is 1. The summed E-state index contributed by atoms with van der Waals surface area (Å²) in [5.74, 6) is -0.673. The number of benzene rings is 1. The molecule has 0 bridgehead atoms. The molecule has 0 spiro atoms. The summed E-state index contributed by atoms with van der Waals surface area (Å²) in [5.41, 5.74) is -0.0955. The van der Waals surface area contributed by atoms with Gasteiger partial charge >= 0.3 is 12.1 Å². The van der Waals surface area contributed by atoms with Gasteiger partial charge < -0.3 is 14.6 Å². The summed E-state index contributed by atoms with van der Waals surface area (Å²) >= 11 is 0. The van der Waals surface area contributed by atoms with Gasteiger partial charge in [0.2, 0.25) is 0 Å². The van der Waals surface area contributed by atoms with Crippen molar-refractivity contribution in [3.63, 3.8) is 0 Å². The summed E-state index contributed by atoms with van der Waals surface area (Å²) in [6, 6.07) is 5.24. The van der Waals surface area contributed by atoms with Crippen molar-refractivity contribution in [1.82, 2.24) is 0 Å². The highest BCUT2D eigenvalue weighted by molar-refractivity contribution is 5.70. The molecule has 0 fully saturated rings. The van der Waals surface area contributed by atoms with E-state index in [0.29, 0.717) is 31.6 Å². The predicted molar refractivity (Wildman–Crippen MR) is 150 cm³/mol. The Hall–Kier alpha value is -2.64. The number of hydrogen-bond donors (Lipinski definition) is 1. The van der Waals surface area contributed by atoms with E-state index < -0.39 is 29.1 Å². The average molecular weight is 536 g/mol. The number of unbranched alkanes of at least 4 members (excludes halogenated alkanes) is 7. The van der Waals surface area contributed by atoms with Crippen molar-refractivity contribution in [2.24, 2.45) is 11.8 Å². The number of nitro groups is 1. The number of nitro benzene ring substituents is 1. The molecule has 1 N–H and O–H groups in total. The Morgan fingerprint density at radius 3 is 1.95 bits per heavy atom. The summed E-state index contributed by atoms with van der Waals surface area (Å²) in [7, 11) is 0. The fraction of sp³-hybridized carbons (Fsp3) is 0.733. The number of carboxylic acids is 1. The Kier molecular flexibility index (Phi) is 17.9. The van der Waals surface area contributed by atoms with Gasteiger partial charge in [0, 0.05) is 12.1 Å². The normalized spacial score (nSPS) is 13.4. The molecule has 0 radical (unpaired) electrons. The lowest BCUT2D eigenvalue weighted by atomic mass is 9.84. The summed E-state index contributed by atoms with van der Waals surface area (Å²) < 4.78 is 10.9. The molecule has 3 atom stereocenters. The van der Waals surface area contributed by atoms with E-state index >= 15 is 0 Å². The maximum absolute atomic E-state index is 12.5. The van der Waals surface area contributed by atoms with Crippen LogP contribution >= 0.6 is 0 Å². The smallest absolute Gasteiger partial charge is 0.481 e. The van der Waals surface area contributed by atoms with Crippen LogP contribution in [0.15, 0.2) is 24.3 Å². The van der Waals surface area contributed by atoms with Crippen LogP contribution in [0.3, 0.4) is 0 Å². The zero-order valence-corrected chi connectivity index (χ0v) is 23.7. The molecule has 8 nitrogen and oxygen atoms in total. The lowest BCUT2D eigenvalue weighted by Gasteiger charge is -2.23. The van der Waals surface area contributed by atoms with Gasteiger partial charge in [-0.05, 0) is 50.2 Å². The summed E-state index contributed by atoms with van der Waals surface area (Å²) in [6.45, 7) is 6.49. The molecule has 38 heavy (non-hydrogen) atoms. The van der Waals surface area contributed by atoms with Gasteiger partial charge in [0.05, 0.1) is 10.8 Å². The van der Waals surface area contributed by atoms with Crippen molar-refractivity contribution in [2.45, 2.75) is 130 Å². The van der Waals surface area contributed by atoms with Gasteiger partial charge in [-0.2, -0.15) is 0 Å². The highest BCUT2D eigenvalue weighted by Crippen LogP contribution is 2.29. The fourth-order valence-electron chi connectivity index (χ4n) is 4.82. The Labute approximate surface area is 228 Å². The number of hydrogen-bond acceptors (Lipinski definition) is 6. The topological polar surface area (TPSA) is 116 Å². The number of ether oxygens (including phenoxy) is 2. The van der Waals surface area contributed by atoms with Crippen LogP contribution in [0.25, 0.3) is 0 Å². The molecule has 0 heterocycles. The van der Waals surface area contributed by atoms with Crippen LogP contribution in [-0.2, 0) is 9.53 Å². The zero-order chi connectivity index (χ0) is 28.2. The van der Waals surface area contributed by atoms with Gasteiger partial charge in [-0.3, -0.25) is 14.9 Å². The van der Waals surface area contributed by atoms with E-state index in [4.69, 9.17) is 9.47 Å². The highest BCUT2D eigenvalue weighted by atomic mass is 16.7. The first-order chi connectivity index (χ1) is 18.3. The van der Waals surface area contributed by atoms with Crippen molar-refractivity contribution in [3.05, 3.63) is 34.4 Å². The molecule has 1 aromatic carbocycles. The molecule has 1 rings (SSSR count). The van der Waals surface area contributed by atoms with Crippen LogP contribution in [0.1, 0.15) is 124 Å². The minimum atomic E-state index is -0.872. The average Bonchev–Trinajstić information content (AvgIpc) is 2.89. The van der Waals surface area contributed by atoms with Crippen LogP contribution in [0.2, 0.25) is 0 Å². The van der Waals surface area contributed by atoms with Gasteiger partial charge in [0.25, 0.3) is 5.69 Å². The van der Waals surface area contributed by atoms with Crippen LogP contribution in [0, 0.1) is 22.0 Å². The van der Waals surface area contributed by atoms with Gasteiger partial charge in [0.1, 0.15) is 11.9 Å². The molecule has 216 valence electrons. The van der Waals surface area contributed by atoms with Crippen molar-refractivity contribution >= 4 is 17.8 Å². The molecule has 3 unspecified atom stereocenters. The molecule has 1 aromatic rings. The third-order valence-corrected chi connectivity index (χ3v) is 7.13. The third kappa shape index (κ3) is 14.9. The highest BCUT2D eigenvalue weighted by Gasteiger charge is 2.25. The largest absolute Gasteiger partial charge is 0.514 e. The molecule has 8 heteroatoms. The summed E-state index contributed by atoms with van der Waals surface area (Å²) in [4.78, 5) is 34.9. The van der Waals surface area contributed by atoms with Gasteiger partial charge in [-0.15, -0.1) is 0 Å². The molecule has 0 aliphatic rings. The SMILES string of the molecule is CCCCCCC(CCCC)CC(CCC(CCCCCC)OC(=O)Oc1ccc([N+](=O)[O-])cc1)C(=O)O. The number of carboxylic acid groups (broad SMARTS) is 1. The van der Waals surface area contributed by atoms with Gasteiger partial charge in [-0.1, -0.05) is 91.4 Å². The number of carbonyl (C=O) groups excluding carboxylic acids is 1. The monoisotopic (exact) mass is 535 g/mol. The lowest BCUT2D eigenvalue weighted by Crippen LogP contribution is -2.24. The van der Waals surface area contributed by atoms with E-state index in [-0.39, 0.29) is 11.4 Å². The second-order valence-electron chi connectivity index (χ2n) is 10.4. The number of carbonyl (C=O) groups is 2. The van der Waals surface area contributed by atoms with Crippen LogP contribution < -0.4 is 4.74 Å². The van der Waals surface area contributed by atoms with Gasteiger partial charge in [0.15, 0.2) is 0 Å². The van der Waals surface area contributed by atoms with Crippen LogP contribution in [0.5, 0.6) is 5.75 Å². The van der Waals surface area contributed by atoms with Crippen molar-refractivity contribution in [3.8, 4) is 5.75 Å². The van der Waals surface area contributed by atoms with E-state index in [9.17, 15) is 24.8 Å². The van der Waals surface area contributed by atoms with E-state index in [1.54, 1.807) is 0 Å². The van der Waals surface area contributed by atoms with Crippen LogP contribution in [0.4, 0.5) is 10.5 Å². The van der Waals surface area contributed by atoms with E-state index in [0.717, 1.165) is 57.8 Å². The maximum atomic E-state index is 12.5. The van der Waals surface area contributed by atoms with Crippen molar-refractivity contribution in [2.75, 3.05) is 0 Å². The number of rotatable bonds is 22. The summed E-state index contributed by atoms with van der Waals surface area (Å²) in [5, 5.41) is 20.8. The van der Waals surface area contributed by atoms with Crippen LogP contribution in [-0.4, -0.2) is 28.3 Å². The second kappa shape index (κ2) is 20.3. The molecule has 0 aliphatic carbocycles. The van der Waals surface area contributed by atoms with Gasteiger partial charge in [-0.25, -0.2) is 4.79 Å². The molecule has 0 saturated carbocycles. The molecule has 0 saturated heterocycles. The Morgan fingerprint density at radius 2 is 1.39 bits per heavy atom. The van der Waals surface area contributed by atoms with E-state index in [1.807, 2.05) is 0 Å². The third-order valence-electron chi connectivity index (χ3n) is 7.13. The van der Waals surface area contributed by atoms with Crippen molar-refractivity contribution in [1.29, 1.82) is 0 Å². The standard InChI is InChI=1S/C30H49NO7/c1-4-7-10-12-15-24(14-9-6-3)23-25(29(32)33)17-20-27(16-13-11-8-5-2)37-30(34)38-28-21-18-26(19-22-28)31(35)36/h18-19,21-22,24-25,27H,4-17,20,23H2,1-3H3,(H,32,33).